The summed E-state index contributed by atoms with van der Waals surface area (Å²) in [5, 5.41) is 6.32. The normalized spacial score (nSPS) is 21.2. The average Bonchev–Trinajstić information content (AvgIpc) is 3.19. The van der Waals surface area contributed by atoms with Crippen molar-refractivity contribution in [3.63, 3.8) is 0 Å². The van der Waals surface area contributed by atoms with E-state index in [2.05, 4.69) is 21.6 Å². The maximum Gasteiger partial charge on any atom is 0.323 e. The Morgan fingerprint density at radius 2 is 1.57 bits per heavy atom. The van der Waals surface area contributed by atoms with Gasteiger partial charge in [-0.05, 0) is 24.0 Å². The van der Waals surface area contributed by atoms with Crippen molar-refractivity contribution in [1.29, 1.82) is 0 Å². The predicted octanol–water partition coefficient (Wildman–Crippen LogP) is 3.25. The maximum absolute atomic E-state index is 12.5. The highest BCUT2D eigenvalue weighted by Crippen LogP contribution is 2.28. The second-order valence-corrected chi connectivity index (χ2v) is 8.72. The molecule has 0 aromatic heterocycles. The molecule has 0 aliphatic carbocycles. The highest BCUT2D eigenvalue weighted by atomic mass is 32.2. The molecule has 0 bridgehead atoms. The number of hydrazone groups is 1. The van der Waals surface area contributed by atoms with Crippen LogP contribution in [-0.4, -0.2) is 49.4 Å². The number of hydrogen-bond donors (Lipinski definition) is 0. The minimum atomic E-state index is -3.64. The summed E-state index contributed by atoms with van der Waals surface area (Å²) in [6.45, 7) is 1.66. The standard InChI is InChI=1S/C21H24N4O2S/c26-28(27,25-14-8-3-9-15-25)22-17-24-16-20(18-10-4-1-5-11-18)21(23-24)19-12-6-2-7-13-19/h1-2,4-7,10-13,17,20H,3,8-9,14-16H2. The van der Waals surface area contributed by atoms with Crippen LogP contribution in [0.15, 0.2) is 70.2 Å². The largest absolute Gasteiger partial charge is 0.323 e. The van der Waals surface area contributed by atoms with Gasteiger partial charge >= 0.3 is 10.2 Å². The third kappa shape index (κ3) is 4.15. The van der Waals surface area contributed by atoms with Crippen LogP contribution in [0.2, 0.25) is 0 Å². The van der Waals surface area contributed by atoms with Crippen LogP contribution in [0, 0.1) is 0 Å². The molecule has 2 heterocycles. The van der Waals surface area contributed by atoms with Crippen LogP contribution in [-0.2, 0) is 10.2 Å². The molecule has 1 saturated heterocycles. The second kappa shape index (κ2) is 8.24. The molecule has 0 radical (unpaired) electrons. The Hall–Kier alpha value is -2.51. The van der Waals surface area contributed by atoms with E-state index in [1.807, 2.05) is 48.5 Å². The Morgan fingerprint density at radius 3 is 2.25 bits per heavy atom. The van der Waals surface area contributed by atoms with E-state index in [4.69, 9.17) is 0 Å². The minimum absolute atomic E-state index is 0.0627. The van der Waals surface area contributed by atoms with Crippen molar-refractivity contribution >= 4 is 22.3 Å². The van der Waals surface area contributed by atoms with Crippen LogP contribution in [0.1, 0.15) is 36.3 Å². The monoisotopic (exact) mass is 396 g/mol. The topological polar surface area (TPSA) is 65.3 Å². The molecule has 0 spiro atoms. The molecule has 0 N–H and O–H groups in total. The van der Waals surface area contributed by atoms with Gasteiger partial charge in [0.25, 0.3) is 0 Å². The van der Waals surface area contributed by atoms with Crippen LogP contribution in [0.25, 0.3) is 0 Å². The summed E-state index contributed by atoms with van der Waals surface area (Å²) in [7, 11) is -3.64. The summed E-state index contributed by atoms with van der Waals surface area (Å²) in [6, 6.07) is 20.2. The SMILES string of the molecule is O=S(=O)(N=CN1CC(c2ccccc2)C(c2ccccc2)=N1)N1CCCCC1. The van der Waals surface area contributed by atoms with Gasteiger partial charge in [0.15, 0.2) is 0 Å². The smallest absolute Gasteiger partial charge is 0.252 e. The lowest BCUT2D eigenvalue weighted by Crippen LogP contribution is -2.34. The summed E-state index contributed by atoms with van der Waals surface area (Å²) in [6.07, 6.45) is 4.22. The van der Waals surface area contributed by atoms with Gasteiger partial charge in [-0.15, -0.1) is 4.40 Å². The van der Waals surface area contributed by atoms with E-state index in [1.165, 1.54) is 10.6 Å². The second-order valence-electron chi connectivity index (χ2n) is 7.09. The molecular weight excluding hydrogens is 372 g/mol. The van der Waals surface area contributed by atoms with Crippen molar-refractivity contribution in [3.05, 3.63) is 71.8 Å². The lowest BCUT2D eigenvalue weighted by Gasteiger charge is -2.23. The highest BCUT2D eigenvalue weighted by molar-refractivity contribution is 7.87. The summed E-state index contributed by atoms with van der Waals surface area (Å²) in [5.41, 5.74) is 3.11. The van der Waals surface area contributed by atoms with E-state index in [1.54, 1.807) is 5.01 Å². The molecule has 2 aliphatic rings. The fourth-order valence-electron chi connectivity index (χ4n) is 3.69. The van der Waals surface area contributed by atoms with Gasteiger partial charge in [-0.1, -0.05) is 67.1 Å². The van der Waals surface area contributed by atoms with Gasteiger partial charge in [0.1, 0.15) is 6.34 Å². The van der Waals surface area contributed by atoms with E-state index in [0.717, 1.165) is 36.1 Å². The average molecular weight is 397 g/mol. The van der Waals surface area contributed by atoms with E-state index in [9.17, 15) is 8.42 Å². The lowest BCUT2D eigenvalue weighted by molar-refractivity contribution is 0.347. The van der Waals surface area contributed by atoms with Crippen LogP contribution in [0.5, 0.6) is 0 Å². The Morgan fingerprint density at radius 1 is 0.929 bits per heavy atom. The van der Waals surface area contributed by atoms with Crippen molar-refractivity contribution in [2.45, 2.75) is 25.2 Å². The van der Waals surface area contributed by atoms with E-state index in [-0.39, 0.29) is 5.92 Å². The fraction of sp³-hybridized carbons (Fsp3) is 0.333. The molecule has 28 heavy (non-hydrogen) atoms. The number of hydrogen-bond acceptors (Lipinski definition) is 3. The van der Waals surface area contributed by atoms with Crippen molar-refractivity contribution in [1.82, 2.24) is 9.31 Å². The fourth-order valence-corrected chi connectivity index (χ4v) is 4.77. The minimum Gasteiger partial charge on any atom is -0.252 e. The predicted molar refractivity (Wildman–Crippen MR) is 112 cm³/mol. The molecule has 6 nitrogen and oxygen atoms in total. The molecule has 2 aromatic carbocycles. The molecule has 0 amide bonds. The summed E-state index contributed by atoms with van der Waals surface area (Å²) in [5.74, 6) is 0.0627. The number of rotatable bonds is 5. The summed E-state index contributed by atoms with van der Waals surface area (Å²) in [4.78, 5) is 0. The van der Waals surface area contributed by atoms with Crippen LogP contribution >= 0.6 is 0 Å². The number of benzene rings is 2. The van der Waals surface area contributed by atoms with Gasteiger partial charge in [0, 0.05) is 19.0 Å². The van der Waals surface area contributed by atoms with Crippen LogP contribution in [0.3, 0.4) is 0 Å². The first kappa shape index (κ1) is 18.8. The quantitative estimate of drug-likeness (QED) is 0.576. The molecule has 2 aromatic rings. The third-order valence-corrected chi connectivity index (χ3v) is 6.54. The molecule has 1 atom stereocenters. The van der Waals surface area contributed by atoms with E-state index < -0.39 is 10.2 Å². The Balaban J connectivity index is 1.59. The Bertz CT molecular complexity index is 952. The van der Waals surface area contributed by atoms with Crippen molar-refractivity contribution in [2.24, 2.45) is 9.50 Å². The molecule has 4 rings (SSSR count). The van der Waals surface area contributed by atoms with Crippen molar-refractivity contribution in [3.8, 4) is 0 Å². The molecular formula is C21H24N4O2S. The van der Waals surface area contributed by atoms with Crippen molar-refractivity contribution < 1.29 is 8.42 Å². The van der Waals surface area contributed by atoms with Gasteiger partial charge in [0.05, 0.1) is 12.3 Å². The van der Waals surface area contributed by atoms with E-state index >= 15 is 0 Å². The molecule has 1 fully saturated rings. The van der Waals surface area contributed by atoms with Gasteiger partial charge < -0.3 is 0 Å². The molecule has 0 saturated carbocycles. The zero-order valence-electron chi connectivity index (χ0n) is 15.7. The number of nitrogens with zero attached hydrogens (tertiary/aromatic N) is 4. The first-order valence-corrected chi connectivity index (χ1v) is 11.0. The van der Waals surface area contributed by atoms with E-state index in [0.29, 0.717) is 19.6 Å². The summed E-state index contributed by atoms with van der Waals surface area (Å²) >= 11 is 0. The van der Waals surface area contributed by atoms with Crippen LogP contribution < -0.4 is 0 Å². The maximum atomic E-state index is 12.5. The Labute approximate surface area is 166 Å². The summed E-state index contributed by atoms with van der Waals surface area (Å²) < 4.78 is 30.4. The zero-order valence-corrected chi connectivity index (χ0v) is 16.5. The van der Waals surface area contributed by atoms with Gasteiger partial charge in [-0.2, -0.15) is 17.8 Å². The van der Waals surface area contributed by atoms with Crippen LogP contribution in [0.4, 0.5) is 0 Å². The van der Waals surface area contributed by atoms with Crippen molar-refractivity contribution in [2.75, 3.05) is 19.6 Å². The molecule has 2 aliphatic heterocycles. The zero-order chi connectivity index (χ0) is 19.4. The number of piperidine rings is 1. The molecule has 7 heteroatoms. The van der Waals surface area contributed by atoms with Gasteiger partial charge in [0.2, 0.25) is 0 Å². The lowest BCUT2D eigenvalue weighted by atomic mass is 9.91. The Kier molecular flexibility index (Phi) is 5.54. The first-order valence-electron chi connectivity index (χ1n) is 9.64. The molecule has 146 valence electrons. The highest BCUT2D eigenvalue weighted by Gasteiger charge is 2.29. The van der Waals surface area contributed by atoms with Gasteiger partial charge in [-0.3, -0.25) is 5.01 Å². The first-order chi connectivity index (χ1) is 13.6. The molecule has 1 unspecified atom stereocenters. The third-order valence-electron chi connectivity index (χ3n) is 5.16. The van der Waals surface area contributed by atoms with Gasteiger partial charge in [-0.25, -0.2) is 0 Å².